The van der Waals surface area contributed by atoms with E-state index in [9.17, 15) is 0 Å². The molecule has 0 atom stereocenters. The topological polar surface area (TPSA) is 0 Å². The van der Waals surface area contributed by atoms with Gasteiger partial charge in [0.1, 0.15) is 0 Å². The largest absolute Gasteiger partial charge is 0.0827 e. The van der Waals surface area contributed by atoms with E-state index in [1.165, 1.54) is 0 Å². The van der Waals surface area contributed by atoms with Crippen molar-refractivity contribution in [2.75, 3.05) is 0 Å². The van der Waals surface area contributed by atoms with Gasteiger partial charge in [-0.25, -0.2) is 0 Å². The minimum atomic E-state index is 0.635. The molecule has 0 amide bonds. The van der Waals surface area contributed by atoms with E-state index in [0.29, 0.717) is 10.0 Å². The molecule has 0 fully saturated rings. The molecule has 1 rings (SSSR count). The molecule has 0 radical (unpaired) electrons. The molecule has 0 aliphatic rings. The summed E-state index contributed by atoms with van der Waals surface area (Å²) in [5.74, 6) is 0. The lowest BCUT2D eigenvalue weighted by Gasteiger charge is -1.99. The Bertz CT molecular complexity index is 235. The minimum Gasteiger partial charge on any atom is -0.0827 e. The van der Waals surface area contributed by atoms with Gasteiger partial charge in [-0.1, -0.05) is 57.9 Å². The third-order valence-electron chi connectivity index (χ3n) is 1.18. The first kappa shape index (κ1) is 8.62. The minimum absolute atomic E-state index is 0.635. The second-order valence-electron chi connectivity index (χ2n) is 1.85. The molecule has 1 aromatic carbocycles. The van der Waals surface area contributed by atoms with Crippen LogP contribution in [0, 0.1) is 0 Å². The van der Waals surface area contributed by atoms with E-state index in [4.69, 9.17) is 23.2 Å². The predicted octanol–water partition coefficient (Wildman–Crippen LogP) is 3.93. The Morgan fingerprint density at radius 1 is 1.30 bits per heavy atom. The lowest BCUT2D eigenvalue weighted by molar-refractivity contribution is 1.46. The summed E-state index contributed by atoms with van der Waals surface area (Å²) in [5, 5.41) is 1.31. The quantitative estimate of drug-likeness (QED) is 0.542. The summed E-state index contributed by atoms with van der Waals surface area (Å²) in [6, 6.07) is 5.67. The Kier molecular flexibility index (Phi) is 3.27. The van der Waals surface area contributed by atoms with Crippen LogP contribution in [-0.4, -0.2) is 0 Å². The number of alkyl halides is 1. The fraction of sp³-hybridized carbons (Fsp3) is 0.143. The van der Waals surface area contributed by atoms with Gasteiger partial charge in [-0.15, -0.1) is 0 Å². The maximum atomic E-state index is 5.86. The van der Waals surface area contributed by atoms with Gasteiger partial charge in [0.05, 0.1) is 10.0 Å². The molecule has 0 saturated carbocycles. The average Bonchev–Trinajstić information content (AvgIpc) is 1.95. The second-order valence-corrected chi connectivity index (χ2v) is 3.39. The summed E-state index contributed by atoms with van der Waals surface area (Å²) < 4.78 is 0.900. The highest BCUT2D eigenvalue weighted by Crippen LogP contribution is 2.26. The molecule has 0 aliphatic heterocycles. The third kappa shape index (κ3) is 1.77. The monoisotopic (exact) mass is 286 g/mol. The van der Waals surface area contributed by atoms with Crippen molar-refractivity contribution in [1.29, 1.82) is 0 Å². The van der Waals surface area contributed by atoms with Crippen molar-refractivity contribution in [1.82, 2.24) is 0 Å². The number of rotatable bonds is 1. The molecule has 3 heteroatoms. The van der Waals surface area contributed by atoms with Crippen molar-refractivity contribution in [2.24, 2.45) is 0 Å². The standard InChI is InChI=1S/C7H5Cl2I/c8-6-3-1-2-5(4-10)7(6)9/h1-3H,4H2. The van der Waals surface area contributed by atoms with Crippen molar-refractivity contribution < 1.29 is 0 Å². The van der Waals surface area contributed by atoms with Gasteiger partial charge in [0.15, 0.2) is 0 Å². The van der Waals surface area contributed by atoms with Crippen molar-refractivity contribution in [2.45, 2.75) is 4.43 Å². The molecular weight excluding hydrogens is 282 g/mol. The molecule has 0 unspecified atom stereocenters. The van der Waals surface area contributed by atoms with Crippen molar-refractivity contribution >= 4 is 45.8 Å². The lowest BCUT2D eigenvalue weighted by atomic mass is 10.2. The van der Waals surface area contributed by atoms with Crippen molar-refractivity contribution in [3.8, 4) is 0 Å². The summed E-state index contributed by atoms with van der Waals surface area (Å²) >= 11 is 13.9. The molecule has 0 aliphatic carbocycles. The molecule has 0 aromatic heterocycles. The highest BCUT2D eigenvalue weighted by Gasteiger charge is 2.00. The van der Waals surface area contributed by atoms with Crippen LogP contribution in [-0.2, 0) is 4.43 Å². The number of hydrogen-bond donors (Lipinski definition) is 0. The van der Waals surface area contributed by atoms with Gasteiger partial charge in [0.25, 0.3) is 0 Å². The molecule has 10 heavy (non-hydrogen) atoms. The molecule has 1 aromatic rings. The maximum absolute atomic E-state index is 5.86. The smallest absolute Gasteiger partial charge is 0.0632 e. The Balaban J connectivity index is 3.14. The van der Waals surface area contributed by atoms with Gasteiger partial charge >= 0.3 is 0 Å². The highest BCUT2D eigenvalue weighted by atomic mass is 127. The lowest BCUT2D eigenvalue weighted by Crippen LogP contribution is -1.78. The van der Waals surface area contributed by atoms with E-state index >= 15 is 0 Å². The second kappa shape index (κ2) is 3.79. The van der Waals surface area contributed by atoms with Crippen LogP contribution in [0.1, 0.15) is 5.56 Å². The molecule has 0 nitrogen and oxygen atoms in total. The van der Waals surface area contributed by atoms with Gasteiger partial charge < -0.3 is 0 Å². The Hall–Kier alpha value is 0.530. The summed E-state index contributed by atoms with van der Waals surface area (Å²) in [6.45, 7) is 0. The molecular formula is C7H5Cl2I. The summed E-state index contributed by atoms with van der Waals surface area (Å²) in [7, 11) is 0. The van der Waals surface area contributed by atoms with Gasteiger partial charge in [0.2, 0.25) is 0 Å². The third-order valence-corrected chi connectivity index (χ3v) is 2.86. The normalized spacial score (nSPS) is 9.90. The first-order valence-electron chi connectivity index (χ1n) is 2.74. The van der Waals surface area contributed by atoms with Gasteiger partial charge in [-0.2, -0.15) is 0 Å². The van der Waals surface area contributed by atoms with E-state index in [1.54, 1.807) is 6.07 Å². The molecule has 0 N–H and O–H groups in total. The van der Waals surface area contributed by atoms with E-state index in [0.717, 1.165) is 9.99 Å². The van der Waals surface area contributed by atoms with Crippen LogP contribution in [0.4, 0.5) is 0 Å². The first-order chi connectivity index (χ1) is 4.75. The van der Waals surface area contributed by atoms with Crippen LogP contribution in [0.5, 0.6) is 0 Å². The Morgan fingerprint density at radius 3 is 2.50 bits per heavy atom. The molecule has 0 spiro atoms. The van der Waals surface area contributed by atoms with E-state index in [1.807, 2.05) is 12.1 Å². The predicted molar refractivity (Wildman–Crippen MR) is 54.2 cm³/mol. The zero-order valence-corrected chi connectivity index (χ0v) is 8.74. The van der Waals surface area contributed by atoms with Crippen LogP contribution in [0.25, 0.3) is 0 Å². The molecule has 0 bridgehead atoms. The van der Waals surface area contributed by atoms with Crippen molar-refractivity contribution in [3.63, 3.8) is 0 Å². The zero-order chi connectivity index (χ0) is 7.56. The summed E-state index contributed by atoms with van der Waals surface area (Å²) in [4.78, 5) is 0. The van der Waals surface area contributed by atoms with Crippen molar-refractivity contribution in [3.05, 3.63) is 33.8 Å². The summed E-state index contributed by atoms with van der Waals surface area (Å²) in [6.07, 6.45) is 0. The average molecular weight is 287 g/mol. The number of benzene rings is 1. The maximum Gasteiger partial charge on any atom is 0.0632 e. The number of hydrogen-bond acceptors (Lipinski definition) is 0. The SMILES string of the molecule is Clc1cccc(CI)c1Cl. The number of halogens is 3. The van der Waals surface area contributed by atoms with E-state index in [-0.39, 0.29) is 0 Å². The summed E-state index contributed by atoms with van der Waals surface area (Å²) in [5.41, 5.74) is 1.09. The van der Waals surface area contributed by atoms with Gasteiger partial charge in [-0.3, -0.25) is 0 Å². The van der Waals surface area contributed by atoms with Gasteiger partial charge in [-0.05, 0) is 11.6 Å². The fourth-order valence-corrected chi connectivity index (χ4v) is 1.90. The van der Waals surface area contributed by atoms with Crippen LogP contribution < -0.4 is 0 Å². The Morgan fingerprint density at radius 2 is 2.00 bits per heavy atom. The van der Waals surface area contributed by atoms with Crippen LogP contribution in [0.2, 0.25) is 10.0 Å². The van der Waals surface area contributed by atoms with Crippen LogP contribution in [0.3, 0.4) is 0 Å². The molecule has 0 heterocycles. The van der Waals surface area contributed by atoms with Crippen LogP contribution >= 0.6 is 45.8 Å². The van der Waals surface area contributed by atoms with Gasteiger partial charge in [0, 0.05) is 4.43 Å². The van der Waals surface area contributed by atoms with Crippen LogP contribution in [0.15, 0.2) is 18.2 Å². The first-order valence-corrected chi connectivity index (χ1v) is 5.02. The van der Waals surface area contributed by atoms with E-state index < -0.39 is 0 Å². The molecule has 0 saturated heterocycles. The van der Waals surface area contributed by atoms with E-state index in [2.05, 4.69) is 22.6 Å². The fourth-order valence-electron chi connectivity index (χ4n) is 0.652. The highest BCUT2D eigenvalue weighted by molar-refractivity contribution is 14.1. The zero-order valence-electron chi connectivity index (χ0n) is 5.07. The Labute approximate surface area is 83.7 Å². The molecule has 54 valence electrons.